The molecule has 0 aliphatic carbocycles. The van der Waals surface area contributed by atoms with Gasteiger partial charge in [0.1, 0.15) is 12.4 Å². The molecule has 0 radical (unpaired) electrons. The highest BCUT2D eigenvalue weighted by molar-refractivity contribution is 6.03. The van der Waals surface area contributed by atoms with Crippen LogP contribution in [0, 0.1) is 5.92 Å². The first-order valence-corrected chi connectivity index (χ1v) is 9.23. The number of ether oxygens (including phenoxy) is 1. The predicted octanol–water partition coefficient (Wildman–Crippen LogP) is 3.00. The van der Waals surface area contributed by atoms with Crippen molar-refractivity contribution in [3.8, 4) is 5.75 Å². The Morgan fingerprint density at radius 1 is 1.18 bits per heavy atom. The summed E-state index contributed by atoms with van der Waals surface area (Å²) in [6.07, 6.45) is 1.17. The summed E-state index contributed by atoms with van der Waals surface area (Å²) in [5, 5.41) is 2.88. The highest BCUT2D eigenvalue weighted by Gasteiger charge is 2.35. The predicted molar refractivity (Wildman–Crippen MR) is 113 cm³/mol. The Kier molecular flexibility index (Phi) is 7.84. The van der Waals surface area contributed by atoms with Crippen molar-refractivity contribution in [3.63, 3.8) is 0 Å². The van der Waals surface area contributed by atoms with Crippen molar-refractivity contribution in [2.45, 2.75) is 19.8 Å². The van der Waals surface area contributed by atoms with Gasteiger partial charge in [0.2, 0.25) is 11.8 Å². The largest absolute Gasteiger partial charge is 0.492 e. The van der Waals surface area contributed by atoms with Crippen molar-refractivity contribution >= 4 is 35.6 Å². The minimum atomic E-state index is -0.364. The maximum Gasteiger partial charge on any atom is 0.229 e. The summed E-state index contributed by atoms with van der Waals surface area (Å²) in [4.78, 5) is 26.6. The van der Waals surface area contributed by atoms with Crippen molar-refractivity contribution in [2.24, 2.45) is 11.7 Å². The monoisotopic (exact) mass is 403 g/mol. The first-order chi connectivity index (χ1) is 13.1. The molecule has 1 atom stereocenters. The molecule has 3 N–H and O–H groups in total. The number of nitrogens with one attached hydrogen (secondary N) is 1. The number of amides is 2. The van der Waals surface area contributed by atoms with E-state index in [2.05, 4.69) is 12.2 Å². The van der Waals surface area contributed by atoms with Gasteiger partial charge >= 0.3 is 0 Å². The summed E-state index contributed by atoms with van der Waals surface area (Å²) in [5.74, 6) is 0.171. The summed E-state index contributed by atoms with van der Waals surface area (Å²) in [7, 11) is 0. The van der Waals surface area contributed by atoms with Gasteiger partial charge in [0.25, 0.3) is 0 Å². The molecule has 2 aromatic rings. The lowest BCUT2D eigenvalue weighted by Crippen LogP contribution is -2.28. The van der Waals surface area contributed by atoms with E-state index in [1.807, 2.05) is 24.3 Å². The van der Waals surface area contributed by atoms with Gasteiger partial charge in [-0.25, -0.2) is 0 Å². The van der Waals surface area contributed by atoms with E-state index in [-0.39, 0.29) is 36.6 Å². The van der Waals surface area contributed by atoms with Gasteiger partial charge in [-0.1, -0.05) is 19.1 Å². The molecule has 1 saturated heterocycles. The van der Waals surface area contributed by atoms with Gasteiger partial charge in [0.15, 0.2) is 0 Å². The smallest absolute Gasteiger partial charge is 0.229 e. The fourth-order valence-corrected chi connectivity index (χ4v) is 3.10. The van der Waals surface area contributed by atoms with E-state index in [0.717, 1.165) is 12.1 Å². The number of rotatable bonds is 7. The second-order valence-electron chi connectivity index (χ2n) is 6.58. The Morgan fingerprint density at radius 2 is 1.86 bits per heavy atom. The van der Waals surface area contributed by atoms with Crippen LogP contribution >= 0.6 is 12.4 Å². The Morgan fingerprint density at radius 3 is 2.46 bits per heavy atom. The second kappa shape index (κ2) is 10.1. The number of hydrogen-bond donors (Lipinski definition) is 2. The van der Waals surface area contributed by atoms with E-state index in [1.165, 1.54) is 5.56 Å². The number of halogens is 1. The maximum absolute atomic E-state index is 12.6. The van der Waals surface area contributed by atoms with E-state index in [0.29, 0.717) is 31.1 Å². The topological polar surface area (TPSA) is 84.7 Å². The molecule has 2 aromatic carbocycles. The van der Waals surface area contributed by atoms with Crippen molar-refractivity contribution in [1.82, 2.24) is 0 Å². The third-order valence-electron chi connectivity index (χ3n) is 4.66. The number of carbonyl (C=O) groups excluding carboxylic acids is 2. The lowest BCUT2D eigenvalue weighted by Gasteiger charge is -2.17. The van der Waals surface area contributed by atoms with Crippen molar-refractivity contribution in [1.29, 1.82) is 0 Å². The van der Waals surface area contributed by atoms with Gasteiger partial charge in [0.05, 0.1) is 5.92 Å². The second-order valence-corrected chi connectivity index (χ2v) is 6.58. The molecular weight excluding hydrogens is 378 g/mol. The molecule has 0 aromatic heterocycles. The summed E-state index contributed by atoms with van der Waals surface area (Å²) >= 11 is 0. The summed E-state index contributed by atoms with van der Waals surface area (Å²) < 4.78 is 5.42. The van der Waals surface area contributed by atoms with E-state index in [4.69, 9.17) is 10.5 Å². The highest BCUT2D eigenvalue weighted by atomic mass is 35.5. The van der Waals surface area contributed by atoms with Gasteiger partial charge in [-0.05, 0) is 48.4 Å². The fraction of sp³-hybridized carbons (Fsp3) is 0.333. The number of anilines is 2. The molecule has 1 aliphatic rings. The fourth-order valence-electron chi connectivity index (χ4n) is 3.10. The molecule has 1 aliphatic heterocycles. The van der Waals surface area contributed by atoms with Crippen LogP contribution < -0.4 is 20.7 Å². The Labute approximate surface area is 171 Å². The molecule has 0 bridgehead atoms. The third-order valence-corrected chi connectivity index (χ3v) is 4.66. The van der Waals surface area contributed by atoms with Gasteiger partial charge in [-0.15, -0.1) is 12.4 Å². The Bertz CT molecular complexity index is 794. The number of aryl methyl sites for hydroxylation is 1. The first kappa shape index (κ1) is 21.7. The van der Waals surface area contributed by atoms with Crippen molar-refractivity contribution in [2.75, 3.05) is 29.9 Å². The van der Waals surface area contributed by atoms with E-state index in [1.54, 1.807) is 29.2 Å². The number of nitrogens with zero attached hydrogens (tertiary/aromatic N) is 1. The van der Waals surface area contributed by atoms with Crippen LogP contribution in [-0.2, 0) is 16.0 Å². The molecule has 3 rings (SSSR count). The number of benzene rings is 2. The van der Waals surface area contributed by atoms with Crippen LogP contribution in [0.3, 0.4) is 0 Å². The molecular formula is C21H26ClN3O3. The zero-order chi connectivity index (χ0) is 19.2. The van der Waals surface area contributed by atoms with Crippen molar-refractivity contribution in [3.05, 3.63) is 54.1 Å². The molecule has 2 amide bonds. The molecule has 7 heteroatoms. The molecule has 1 unspecified atom stereocenters. The lowest BCUT2D eigenvalue weighted by molar-refractivity contribution is -0.122. The van der Waals surface area contributed by atoms with Crippen LogP contribution in [0.2, 0.25) is 0 Å². The van der Waals surface area contributed by atoms with E-state index < -0.39 is 0 Å². The quantitative estimate of drug-likeness (QED) is 0.744. The molecule has 0 spiro atoms. The maximum atomic E-state index is 12.6. The SMILES string of the molecule is CCc1ccc(N2CC(C(=O)Nc3ccc(OCCN)cc3)CC2=O)cc1.Cl. The third kappa shape index (κ3) is 5.24. The van der Waals surface area contributed by atoms with Crippen molar-refractivity contribution < 1.29 is 14.3 Å². The molecule has 0 saturated carbocycles. The number of nitrogens with two attached hydrogens (primary N) is 1. The van der Waals surface area contributed by atoms with Gasteiger partial charge < -0.3 is 20.7 Å². The molecule has 1 fully saturated rings. The zero-order valence-corrected chi connectivity index (χ0v) is 16.7. The average Bonchev–Trinajstić information content (AvgIpc) is 3.09. The first-order valence-electron chi connectivity index (χ1n) is 9.23. The minimum absolute atomic E-state index is 0. The van der Waals surface area contributed by atoms with Crippen LogP contribution in [0.4, 0.5) is 11.4 Å². The number of hydrogen-bond acceptors (Lipinski definition) is 4. The summed E-state index contributed by atoms with van der Waals surface area (Å²) in [6.45, 7) is 3.39. The van der Waals surface area contributed by atoms with Crippen LogP contribution in [0.5, 0.6) is 5.75 Å². The summed E-state index contributed by atoms with van der Waals surface area (Å²) in [6, 6.07) is 15.0. The van der Waals surface area contributed by atoms with Gasteiger partial charge in [-0.2, -0.15) is 0 Å². The molecule has 28 heavy (non-hydrogen) atoms. The van der Waals surface area contributed by atoms with Crippen LogP contribution in [0.1, 0.15) is 18.9 Å². The molecule has 6 nitrogen and oxygen atoms in total. The highest BCUT2D eigenvalue weighted by Crippen LogP contribution is 2.26. The van der Waals surface area contributed by atoms with Gasteiger partial charge in [-0.3, -0.25) is 9.59 Å². The van der Waals surface area contributed by atoms with Crippen LogP contribution in [0.15, 0.2) is 48.5 Å². The standard InChI is InChI=1S/C21H25N3O3.ClH/c1-2-15-3-7-18(8-4-15)24-14-16(13-20(24)25)21(26)23-17-5-9-19(10-6-17)27-12-11-22;/h3-10,16H,2,11-14,22H2,1H3,(H,23,26);1H. The van der Waals surface area contributed by atoms with Crippen LogP contribution in [-0.4, -0.2) is 31.5 Å². The zero-order valence-electron chi connectivity index (χ0n) is 15.9. The summed E-state index contributed by atoms with van der Waals surface area (Å²) in [5.41, 5.74) is 8.15. The lowest BCUT2D eigenvalue weighted by atomic mass is 10.1. The van der Waals surface area contributed by atoms with Gasteiger partial charge in [0, 0.05) is 30.9 Å². The van der Waals surface area contributed by atoms with E-state index in [9.17, 15) is 9.59 Å². The normalized spacial score (nSPS) is 15.9. The number of carbonyl (C=O) groups is 2. The van der Waals surface area contributed by atoms with E-state index >= 15 is 0 Å². The minimum Gasteiger partial charge on any atom is -0.492 e. The van der Waals surface area contributed by atoms with Crippen LogP contribution in [0.25, 0.3) is 0 Å². The Balaban J connectivity index is 0.00000280. The average molecular weight is 404 g/mol. The Hall–Kier alpha value is -2.57. The molecule has 150 valence electrons. The molecule has 1 heterocycles.